The van der Waals surface area contributed by atoms with Gasteiger partial charge in [0.25, 0.3) is 0 Å². The Morgan fingerprint density at radius 3 is 2.57 bits per heavy atom. The summed E-state index contributed by atoms with van der Waals surface area (Å²) in [5.74, 6) is 0.0975. The van der Waals surface area contributed by atoms with Crippen LogP contribution in [0.25, 0.3) is 11.8 Å². The summed E-state index contributed by atoms with van der Waals surface area (Å²) in [6.45, 7) is 1.42. The maximum Gasteiger partial charge on any atom is 0.246 e. The number of carbonyl (C=O) groups excluding carboxylic acids is 1. The topological polar surface area (TPSA) is 84.7 Å². The van der Waals surface area contributed by atoms with Gasteiger partial charge in [-0.25, -0.2) is 13.1 Å². The molecule has 0 atom stereocenters. The molecule has 2 heterocycles. The van der Waals surface area contributed by atoms with Crippen molar-refractivity contribution in [1.29, 1.82) is 0 Å². The van der Waals surface area contributed by atoms with E-state index in [9.17, 15) is 13.2 Å². The first kappa shape index (κ1) is 24.7. The Morgan fingerprint density at radius 1 is 1.11 bits per heavy atom. The minimum atomic E-state index is -3.67. The maximum absolute atomic E-state index is 13.2. The number of sulfonamides is 1. The molecule has 0 N–H and O–H groups in total. The first-order chi connectivity index (χ1) is 16.9. The zero-order chi connectivity index (χ0) is 24.8. The number of ether oxygens (including phenoxy) is 1. The molecule has 1 aliphatic rings. The van der Waals surface area contributed by atoms with Crippen molar-refractivity contribution in [3.63, 3.8) is 0 Å². The summed E-state index contributed by atoms with van der Waals surface area (Å²) in [6.07, 6.45) is 9.44. The molecule has 1 fully saturated rings. The number of para-hydroxylation sites is 1. The Hall–Kier alpha value is -3.43. The van der Waals surface area contributed by atoms with Gasteiger partial charge in [-0.1, -0.05) is 30.7 Å². The summed E-state index contributed by atoms with van der Waals surface area (Å²) in [4.78, 5) is 14.4. The van der Waals surface area contributed by atoms with E-state index in [0.29, 0.717) is 30.9 Å². The van der Waals surface area contributed by atoms with Gasteiger partial charge in [-0.3, -0.25) is 4.79 Å². The van der Waals surface area contributed by atoms with Crippen molar-refractivity contribution in [2.45, 2.75) is 30.7 Å². The van der Waals surface area contributed by atoms with Crippen LogP contribution in [0.5, 0.6) is 5.75 Å². The van der Waals surface area contributed by atoms with Crippen LogP contribution in [0.4, 0.5) is 0 Å². The predicted octanol–water partition coefficient (Wildman–Crippen LogP) is 3.73. The fourth-order valence-corrected chi connectivity index (χ4v) is 5.76. The number of hydrogen-bond donors (Lipinski definition) is 0. The number of piperidine rings is 1. The van der Waals surface area contributed by atoms with E-state index in [1.165, 1.54) is 17.5 Å². The quantitative estimate of drug-likeness (QED) is 0.446. The van der Waals surface area contributed by atoms with Crippen molar-refractivity contribution in [2.24, 2.45) is 0 Å². The van der Waals surface area contributed by atoms with Crippen molar-refractivity contribution in [3.05, 3.63) is 78.1 Å². The molecule has 3 aromatic rings. The van der Waals surface area contributed by atoms with Gasteiger partial charge in [0.15, 0.2) is 0 Å². The van der Waals surface area contributed by atoms with Crippen LogP contribution in [-0.4, -0.2) is 60.6 Å². The van der Waals surface area contributed by atoms with E-state index in [4.69, 9.17) is 4.74 Å². The predicted molar refractivity (Wildman–Crippen MR) is 135 cm³/mol. The van der Waals surface area contributed by atoms with E-state index in [1.807, 2.05) is 36.5 Å². The van der Waals surface area contributed by atoms with Crippen LogP contribution in [0.15, 0.2) is 71.9 Å². The van der Waals surface area contributed by atoms with E-state index in [2.05, 4.69) is 5.10 Å². The lowest BCUT2D eigenvalue weighted by molar-refractivity contribution is -0.125. The van der Waals surface area contributed by atoms with E-state index in [1.54, 1.807) is 47.1 Å². The fourth-order valence-electron chi connectivity index (χ4n) is 4.05. The summed E-state index contributed by atoms with van der Waals surface area (Å²) < 4.78 is 35.0. The summed E-state index contributed by atoms with van der Waals surface area (Å²) in [6, 6.07) is 14.7. The molecule has 2 aromatic carbocycles. The molecule has 0 unspecified atom stereocenters. The van der Waals surface area contributed by atoms with E-state index >= 15 is 0 Å². The maximum atomic E-state index is 13.2. The van der Waals surface area contributed by atoms with Crippen LogP contribution in [0, 0.1) is 0 Å². The number of carbonyl (C=O) groups is 1. The van der Waals surface area contributed by atoms with Gasteiger partial charge in [0.1, 0.15) is 10.6 Å². The Kier molecular flexibility index (Phi) is 7.67. The van der Waals surface area contributed by atoms with Crippen LogP contribution < -0.4 is 4.74 Å². The van der Waals surface area contributed by atoms with Crippen LogP contribution in [-0.2, 0) is 21.4 Å². The molecule has 1 aromatic heterocycles. The standard InChI is InChI=1S/C26H30N4O4S/c1-28(19-22-18-27-30(20-22)23-9-5-3-6-10-23)26(31)14-12-21-11-13-24(34-2)25(17-21)35(32,33)29-15-7-4-8-16-29/h3,5-6,9-14,17-18,20H,4,7-8,15-16,19H2,1-2H3/b14-12+. The minimum absolute atomic E-state index is 0.123. The Labute approximate surface area is 206 Å². The lowest BCUT2D eigenvalue weighted by Gasteiger charge is -2.26. The molecule has 4 rings (SSSR count). The van der Waals surface area contributed by atoms with Gasteiger partial charge in [0, 0.05) is 44.5 Å². The van der Waals surface area contributed by atoms with E-state index in [-0.39, 0.29) is 10.8 Å². The second-order valence-electron chi connectivity index (χ2n) is 8.53. The molecule has 0 spiro atoms. The molecule has 35 heavy (non-hydrogen) atoms. The van der Waals surface area contributed by atoms with Gasteiger partial charge in [0.05, 0.1) is 19.0 Å². The lowest BCUT2D eigenvalue weighted by Crippen LogP contribution is -2.35. The summed E-state index contributed by atoms with van der Waals surface area (Å²) in [7, 11) is -0.502. The van der Waals surface area contributed by atoms with Crippen molar-refractivity contribution in [2.75, 3.05) is 27.2 Å². The SMILES string of the molecule is COc1ccc(/C=C/C(=O)N(C)Cc2cnn(-c3ccccc3)c2)cc1S(=O)(=O)N1CCCCC1. The lowest BCUT2D eigenvalue weighted by atomic mass is 10.2. The van der Waals surface area contributed by atoms with E-state index < -0.39 is 10.0 Å². The largest absolute Gasteiger partial charge is 0.495 e. The average molecular weight is 495 g/mol. The first-order valence-corrected chi connectivity index (χ1v) is 13.0. The zero-order valence-corrected chi connectivity index (χ0v) is 20.8. The minimum Gasteiger partial charge on any atom is -0.495 e. The molecule has 1 saturated heterocycles. The number of methoxy groups -OCH3 is 1. The van der Waals surface area contributed by atoms with Gasteiger partial charge in [-0.15, -0.1) is 0 Å². The van der Waals surface area contributed by atoms with E-state index in [0.717, 1.165) is 30.5 Å². The number of hydrogen-bond acceptors (Lipinski definition) is 5. The second kappa shape index (κ2) is 10.9. The van der Waals surface area contributed by atoms with Gasteiger partial charge < -0.3 is 9.64 Å². The third-order valence-corrected chi connectivity index (χ3v) is 7.91. The molecule has 1 amide bonds. The van der Waals surface area contributed by atoms with Gasteiger partial charge in [0.2, 0.25) is 15.9 Å². The van der Waals surface area contributed by atoms with Crippen LogP contribution in [0.1, 0.15) is 30.4 Å². The van der Waals surface area contributed by atoms with Crippen molar-refractivity contribution >= 4 is 22.0 Å². The highest BCUT2D eigenvalue weighted by Crippen LogP contribution is 2.30. The Morgan fingerprint density at radius 2 is 1.86 bits per heavy atom. The van der Waals surface area contributed by atoms with Gasteiger partial charge >= 0.3 is 0 Å². The summed E-state index contributed by atoms with van der Waals surface area (Å²) in [5, 5.41) is 4.37. The molecule has 8 nitrogen and oxygen atoms in total. The molecule has 0 saturated carbocycles. The van der Waals surface area contributed by atoms with Crippen LogP contribution in [0.2, 0.25) is 0 Å². The number of likely N-dealkylation sites (N-methyl/N-ethyl adjacent to an activating group) is 1. The zero-order valence-electron chi connectivity index (χ0n) is 20.0. The highest BCUT2D eigenvalue weighted by atomic mass is 32.2. The molecular formula is C26H30N4O4S. The van der Waals surface area contributed by atoms with Crippen molar-refractivity contribution < 1.29 is 17.9 Å². The first-order valence-electron chi connectivity index (χ1n) is 11.6. The normalized spacial score (nSPS) is 14.8. The monoisotopic (exact) mass is 494 g/mol. The molecular weight excluding hydrogens is 464 g/mol. The fraction of sp³-hybridized carbons (Fsp3) is 0.308. The average Bonchev–Trinajstić information content (AvgIpc) is 3.36. The Balaban J connectivity index is 1.46. The molecule has 184 valence electrons. The highest BCUT2D eigenvalue weighted by molar-refractivity contribution is 7.89. The van der Waals surface area contributed by atoms with Gasteiger partial charge in [-0.2, -0.15) is 9.40 Å². The summed E-state index contributed by atoms with van der Waals surface area (Å²) in [5.41, 5.74) is 2.46. The number of aromatic nitrogens is 2. The van der Waals surface area contributed by atoms with Gasteiger partial charge in [-0.05, 0) is 48.7 Å². The molecule has 0 radical (unpaired) electrons. The third-order valence-electron chi connectivity index (χ3n) is 5.99. The number of rotatable bonds is 8. The van der Waals surface area contributed by atoms with Crippen LogP contribution >= 0.6 is 0 Å². The van der Waals surface area contributed by atoms with Crippen molar-refractivity contribution in [3.8, 4) is 11.4 Å². The third kappa shape index (κ3) is 5.80. The summed E-state index contributed by atoms with van der Waals surface area (Å²) >= 11 is 0. The number of amides is 1. The van der Waals surface area contributed by atoms with Crippen LogP contribution in [0.3, 0.4) is 0 Å². The molecule has 1 aliphatic heterocycles. The Bertz CT molecular complexity index is 1300. The molecule has 0 aliphatic carbocycles. The second-order valence-corrected chi connectivity index (χ2v) is 10.4. The van der Waals surface area contributed by atoms with Crippen molar-refractivity contribution in [1.82, 2.24) is 19.0 Å². The molecule has 0 bridgehead atoms. The number of nitrogens with zero attached hydrogens (tertiary/aromatic N) is 4. The highest BCUT2D eigenvalue weighted by Gasteiger charge is 2.29. The smallest absolute Gasteiger partial charge is 0.246 e. The molecule has 9 heteroatoms. The number of benzene rings is 2.